The maximum Gasteiger partial charge on any atom is 0.260 e. The predicted octanol–water partition coefficient (Wildman–Crippen LogP) is 2.57. The van der Waals surface area contributed by atoms with Gasteiger partial charge in [-0.25, -0.2) is 4.98 Å². The molecule has 0 radical (unpaired) electrons. The van der Waals surface area contributed by atoms with Crippen LogP contribution in [0.3, 0.4) is 0 Å². The Morgan fingerprint density at radius 2 is 1.74 bits per heavy atom. The minimum Gasteiger partial charge on any atom is -0.494 e. The molecule has 0 saturated carbocycles. The minimum atomic E-state index is -0.0238. The second kappa shape index (κ2) is 9.46. The third kappa shape index (κ3) is 5.11. The lowest BCUT2D eigenvalue weighted by Crippen LogP contribution is -2.50. The van der Waals surface area contributed by atoms with Crippen LogP contribution in [0, 0.1) is 6.92 Å². The highest BCUT2D eigenvalue weighted by molar-refractivity contribution is 5.78. The minimum absolute atomic E-state index is 0.0189. The van der Waals surface area contributed by atoms with Gasteiger partial charge in [-0.15, -0.1) is 0 Å². The van der Waals surface area contributed by atoms with Crippen molar-refractivity contribution in [1.29, 1.82) is 0 Å². The van der Waals surface area contributed by atoms with Gasteiger partial charge in [0.2, 0.25) is 11.7 Å². The molecule has 0 unspecified atom stereocenters. The average Bonchev–Trinajstić information content (AvgIpc) is 3.25. The summed E-state index contributed by atoms with van der Waals surface area (Å²) in [6, 6.07) is 11.1. The zero-order valence-corrected chi connectivity index (χ0v) is 17.7. The quantitative estimate of drug-likeness (QED) is 0.572. The molecule has 1 amide bonds. The van der Waals surface area contributed by atoms with Gasteiger partial charge >= 0.3 is 0 Å². The summed E-state index contributed by atoms with van der Waals surface area (Å²) in [6.07, 6.45) is 1.74. The molecule has 4 rings (SSSR count). The highest BCUT2D eigenvalue weighted by Gasteiger charge is 2.22. The van der Waals surface area contributed by atoms with Crippen LogP contribution in [0.4, 0.5) is 5.82 Å². The van der Waals surface area contributed by atoms with Gasteiger partial charge in [0.05, 0.1) is 6.61 Å². The standard InChI is InChI=1S/C22H25N5O4/c1-3-29-18-5-7-19(8-6-18)30-15-21(28)27-12-10-26(11-13-27)20-9-4-17(14-23-20)22-24-16(2)31-25-22/h4-9,14H,3,10-13,15H2,1-2H3. The Balaban J connectivity index is 1.25. The van der Waals surface area contributed by atoms with Gasteiger partial charge in [-0.05, 0) is 43.3 Å². The smallest absolute Gasteiger partial charge is 0.260 e. The number of anilines is 1. The molecule has 1 aliphatic heterocycles. The van der Waals surface area contributed by atoms with E-state index in [-0.39, 0.29) is 12.5 Å². The molecule has 0 spiro atoms. The molecule has 0 bridgehead atoms. The number of piperazine rings is 1. The fourth-order valence-corrected chi connectivity index (χ4v) is 3.34. The molecule has 3 aromatic rings. The predicted molar refractivity (Wildman–Crippen MR) is 114 cm³/mol. The molecule has 2 aromatic heterocycles. The highest BCUT2D eigenvalue weighted by atomic mass is 16.5. The molecule has 1 saturated heterocycles. The summed E-state index contributed by atoms with van der Waals surface area (Å²) in [5, 5.41) is 3.91. The summed E-state index contributed by atoms with van der Waals surface area (Å²) < 4.78 is 16.0. The van der Waals surface area contributed by atoms with Gasteiger partial charge < -0.3 is 23.8 Å². The number of amides is 1. The molecular formula is C22H25N5O4. The van der Waals surface area contributed by atoms with Crippen molar-refractivity contribution in [1.82, 2.24) is 20.0 Å². The maximum atomic E-state index is 12.5. The molecule has 1 aromatic carbocycles. The number of carbonyl (C=O) groups is 1. The number of hydrogen-bond donors (Lipinski definition) is 0. The zero-order valence-electron chi connectivity index (χ0n) is 17.7. The van der Waals surface area contributed by atoms with Crippen LogP contribution in [-0.4, -0.2) is 65.3 Å². The first-order valence-electron chi connectivity index (χ1n) is 10.3. The number of nitrogens with zero attached hydrogens (tertiary/aromatic N) is 5. The van der Waals surface area contributed by atoms with Crippen molar-refractivity contribution < 1.29 is 18.8 Å². The van der Waals surface area contributed by atoms with Gasteiger partial charge in [-0.3, -0.25) is 4.79 Å². The third-order valence-electron chi connectivity index (χ3n) is 4.99. The number of aryl methyl sites for hydroxylation is 1. The summed E-state index contributed by atoms with van der Waals surface area (Å²) >= 11 is 0. The van der Waals surface area contributed by atoms with Gasteiger partial charge in [0.15, 0.2) is 6.61 Å². The number of benzene rings is 1. The largest absolute Gasteiger partial charge is 0.494 e. The van der Waals surface area contributed by atoms with Crippen LogP contribution < -0.4 is 14.4 Å². The van der Waals surface area contributed by atoms with Crippen molar-refractivity contribution in [3.8, 4) is 22.9 Å². The number of rotatable bonds is 7. The van der Waals surface area contributed by atoms with Crippen LogP contribution in [-0.2, 0) is 4.79 Å². The Kier molecular flexibility index (Phi) is 6.30. The van der Waals surface area contributed by atoms with Crippen LogP contribution in [0.2, 0.25) is 0 Å². The molecule has 1 aliphatic rings. The van der Waals surface area contributed by atoms with E-state index >= 15 is 0 Å². The topological polar surface area (TPSA) is 93.8 Å². The van der Waals surface area contributed by atoms with Gasteiger partial charge in [-0.1, -0.05) is 5.16 Å². The van der Waals surface area contributed by atoms with Crippen molar-refractivity contribution in [2.75, 3.05) is 44.3 Å². The first-order chi connectivity index (χ1) is 15.1. The van der Waals surface area contributed by atoms with Gasteiger partial charge in [-0.2, -0.15) is 4.98 Å². The van der Waals surface area contributed by atoms with E-state index in [9.17, 15) is 4.79 Å². The molecule has 9 heteroatoms. The summed E-state index contributed by atoms with van der Waals surface area (Å²) in [6.45, 7) is 6.99. The van der Waals surface area contributed by atoms with E-state index in [0.717, 1.165) is 17.1 Å². The van der Waals surface area contributed by atoms with E-state index in [1.54, 1.807) is 25.3 Å². The van der Waals surface area contributed by atoms with Gasteiger partial charge in [0.25, 0.3) is 5.91 Å². The monoisotopic (exact) mass is 423 g/mol. The second-order valence-electron chi connectivity index (χ2n) is 7.10. The van der Waals surface area contributed by atoms with Crippen LogP contribution in [0.25, 0.3) is 11.4 Å². The first-order valence-corrected chi connectivity index (χ1v) is 10.3. The third-order valence-corrected chi connectivity index (χ3v) is 4.99. The molecule has 31 heavy (non-hydrogen) atoms. The van der Waals surface area contributed by atoms with Crippen LogP contribution in [0.5, 0.6) is 11.5 Å². The van der Waals surface area contributed by atoms with Crippen molar-refractivity contribution in [3.05, 3.63) is 48.5 Å². The van der Waals surface area contributed by atoms with E-state index in [4.69, 9.17) is 14.0 Å². The normalized spacial score (nSPS) is 13.9. The van der Waals surface area contributed by atoms with Crippen LogP contribution >= 0.6 is 0 Å². The molecule has 3 heterocycles. The van der Waals surface area contributed by atoms with E-state index in [1.807, 2.05) is 36.1 Å². The lowest BCUT2D eigenvalue weighted by molar-refractivity contribution is -0.133. The van der Waals surface area contributed by atoms with E-state index in [1.165, 1.54) is 0 Å². The molecule has 9 nitrogen and oxygen atoms in total. The lowest BCUT2D eigenvalue weighted by atomic mass is 10.2. The fourth-order valence-electron chi connectivity index (χ4n) is 3.34. The molecule has 0 aliphatic carbocycles. The van der Waals surface area contributed by atoms with Crippen LogP contribution in [0.1, 0.15) is 12.8 Å². The highest BCUT2D eigenvalue weighted by Crippen LogP contribution is 2.20. The van der Waals surface area contributed by atoms with Crippen molar-refractivity contribution in [3.63, 3.8) is 0 Å². The SMILES string of the molecule is CCOc1ccc(OCC(=O)N2CCN(c3ccc(-c4noc(C)n4)cn3)CC2)cc1. The zero-order chi connectivity index (χ0) is 21.6. The van der Waals surface area contributed by atoms with Crippen molar-refractivity contribution in [2.24, 2.45) is 0 Å². The Morgan fingerprint density at radius 3 is 2.32 bits per heavy atom. The van der Waals surface area contributed by atoms with Crippen molar-refractivity contribution in [2.45, 2.75) is 13.8 Å². The number of pyridine rings is 1. The summed E-state index contributed by atoms with van der Waals surface area (Å²) in [5.74, 6) is 3.32. The summed E-state index contributed by atoms with van der Waals surface area (Å²) in [7, 11) is 0. The molecule has 1 fully saturated rings. The van der Waals surface area contributed by atoms with E-state index < -0.39 is 0 Å². The Hall–Kier alpha value is -3.62. The number of hydrogen-bond acceptors (Lipinski definition) is 8. The summed E-state index contributed by atoms with van der Waals surface area (Å²) in [4.78, 5) is 25.2. The maximum absolute atomic E-state index is 12.5. The second-order valence-corrected chi connectivity index (χ2v) is 7.10. The molecular weight excluding hydrogens is 398 g/mol. The number of aromatic nitrogens is 3. The number of carbonyl (C=O) groups excluding carboxylic acids is 1. The lowest BCUT2D eigenvalue weighted by Gasteiger charge is -2.35. The van der Waals surface area contributed by atoms with Gasteiger partial charge in [0, 0.05) is 44.9 Å². The Bertz CT molecular complexity index is 996. The van der Waals surface area contributed by atoms with Crippen LogP contribution in [0.15, 0.2) is 47.1 Å². The van der Waals surface area contributed by atoms with Gasteiger partial charge in [0.1, 0.15) is 17.3 Å². The number of ether oxygens (including phenoxy) is 2. The Morgan fingerprint density at radius 1 is 1.03 bits per heavy atom. The van der Waals surface area contributed by atoms with E-state index in [0.29, 0.717) is 50.3 Å². The van der Waals surface area contributed by atoms with Crippen molar-refractivity contribution >= 4 is 11.7 Å². The average molecular weight is 423 g/mol. The molecule has 162 valence electrons. The molecule has 0 N–H and O–H groups in total. The fraction of sp³-hybridized carbons (Fsp3) is 0.364. The summed E-state index contributed by atoms with van der Waals surface area (Å²) in [5.41, 5.74) is 0.806. The molecule has 0 atom stereocenters. The first kappa shape index (κ1) is 20.6. The Labute approximate surface area is 180 Å². The van der Waals surface area contributed by atoms with E-state index in [2.05, 4.69) is 20.0 Å².